The second-order valence-electron chi connectivity index (χ2n) is 7.47. The molecule has 7 heteroatoms. The summed E-state index contributed by atoms with van der Waals surface area (Å²) in [6.07, 6.45) is 0.508. The number of anilines is 1. The topological polar surface area (TPSA) is 69.7 Å². The fraction of sp³-hybridized carbons (Fsp3) is 0.632. The van der Waals surface area contributed by atoms with Crippen molar-refractivity contribution < 1.29 is 13.2 Å². The van der Waals surface area contributed by atoms with Crippen molar-refractivity contribution in [1.82, 2.24) is 9.80 Å². The number of hydrogen-bond donors (Lipinski definition) is 1. The first-order valence-corrected chi connectivity index (χ1v) is 11.1. The lowest BCUT2D eigenvalue weighted by molar-refractivity contribution is 0.138. The van der Waals surface area contributed by atoms with Crippen LogP contribution in [0.4, 0.5) is 10.5 Å². The van der Waals surface area contributed by atoms with Gasteiger partial charge in [0.05, 0.1) is 11.5 Å². The van der Waals surface area contributed by atoms with Crippen LogP contribution in [0.25, 0.3) is 0 Å². The second kappa shape index (κ2) is 8.86. The Morgan fingerprint density at radius 3 is 2.23 bits per heavy atom. The number of rotatable bonds is 7. The van der Waals surface area contributed by atoms with E-state index in [1.807, 2.05) is 30.3 Å². The molecule has 1 saturated heterocycles. The predicted octanol–water partition coefficient (Wildman–Crippen LogP) is 2.83. The van der Waals surface area contributed by atoms with Crippen LogP contribution in [0.15, 0.2) is 30.3 Å². The molecule has 0 aromatic heterocycles. The van der Waals surface area contributed by atoms with Gasteiger partial charge in [0.25, 0.3) is 0 Å². The summed E-state index contributed by atoms with van der Waals surface area (Å²) >= 11 is 0. The van der Waals surface area contributed by atoms with Gasteiger partial charge in [0.2, 0.25) is 0 Å². The highest BCUT2D eigenvalue weighted by atomic mass is 32.2. The first-order valence-electron chi connectivity index (χ1n) is 9.28. The van der Waals surface area contributed by atoms with Gasteiger partial charge in [0.15, 0.2) is 9.84 Å². The van der Waals surface area contributed by atoms with Crippen molar-refractivity contribution >= 4 is 21.6 Å². The standard InChI is InChI=1S/C19H31N3O3S/c1-15(2)21(16(3)4)11-12-22(18-10-13-26(24,25)14-18)19(23)20-17-8-6-5-7-9-17/h5-9,15-16,18H,10-14H2,1-4H3,(H,20,23)/t18-/m1/s1. The SMILES string of the molecule is CC(C)N(CCN(C(=O)Nc1ccccc1)[C@@H]1CCS(=O)(=O)C1)C(C)C. The van der Waals surface area contributed by atoms with Gasteiger partial charge in [-0.3, -0.25) is 4.90 Å². The minimum Gasteiger partial charge on any atom is -0.319 e. The van der Waals surface area contributed by atoms with Gasteiger partial charge in [-0.15, -0.1) is 0 Å². The maximum atomic E-state index is 12.9. The van der Waals surface area contributed by atoms with Crippen LogP contribution in [0.5, 0.6) is 0 Å². The van der Waals surface area contributed by atoms with Gasteiger partial charge in [0, 0.05) is 36.9 Å². The molecule has 1 heterocycles. The van der Waals surface area contributed by atoms with Crippen molar-refractivity contribution in [3.63, 3.8) is 0 Å². The molecule has 0 unspecified atom stereocenters. The summed E-state index contributed by atoms with van der Waals surface area (Å²) in [5.41, 5.74) is 0.716. The fourth-order valence-corrected chi connectivity index (χ4v) is 5.25. The Morgan fingerprint density at radius 2 is 1.73 bits per heavy atom. The quantitative estimate of drug-likeness (QED) is 0.788. The minimum atomic E-state index is -3.05. The zero-order chi connectivity index (χ0) is 19.3. The number of nitrogens with zero attached hydrogens (tertiary/aromatic N) is 2. The third kappa shape index (κ3) is 5.71. The zero-order valence-electron chi connectivity index (χ0n) is 16.2. The highest BCUT2D eigenvalue weighted by molar-refractivity contribution is 7.91. The van der Waals surface area contributed by atoms with Crippen molar-refractivity contribution in [3.05, 3.63) is 30.3 Å². The Morgan fingerprint density at radius 1 is 1.12 bits per heavy atom. The summed E-state index contributed by atoms with van der Waals surface area (Å²) in [7, 11) is -3.05. The molecule has 0 saturated carbocycles. The molecule has 6 nitrogen and oxygen atoms in total. The number of urea groups is 1. The van der Waals surface area contributed by atoms with E-state index < -0.39 is 9.84 Å². The van der Waals surface area contributed by atoms with Crippen molar-refractivity contribution in [2.75, 3.05) is 29.9 Å². The molecular formula is C19H31N3O3S. The van der Waals surface area contributed by atoms with E-state index in [1.54, 1.807) is 4.90 Å². The van der Waals surface area contributed by atoms with Crippen molar-refractivity contribution in [2.45, 2.75) is 52.2 Å². The summed E-state index contributed by atoms with van der Waals surface area (Å²) in [4.78, 5) is 16.9. The summed E-state index contributed by atoms with van der Waals surface area (Å²) in [5.74, 6) is 0.212. The van der Waals surface area contributed by atoms with E-state index in [4.69, 9.17) is 0 Å². The Bertz CT molecular complexity index is 681. The molecule has 1 aliphatic heterocycles. The molecule has 26 heavy (non-hydrogen) atoms. The van der Waals surface area contributed by atoms with Gasteiger partial charge in [-0.05, 0) is 46.2 Å². The number of hydrogen-bond acceptors (Lipinski definition) is 4. The normalized spacial score (nSPS) is 19.3. The number of benzene rings is 1. The molecule has 1 aliphatic rings. The lowest BCUT2D eigenvalue weighted by Crippen LogP contribution is -2.49. The van der Waals surface area contributed by atoms with E-state index in [2.05, 4.69) is 37.9 Å². The Balaban J connectivity index is 2.12. The molecule has 2 amide bonds. The monoisotopic (exact) mass is 381 g/mol. The summed E-state index contributed by atoms with van der Waals surface area (Å²) in [6, 6.07) is 9.50. The molecule has 0 spiro atoms. The average molecular weight is 382 g/mol. The molecule has 0 bridgehead atoms. The van der Waals surface area contributed by atoms with E-state index >= 15 is 0 Å². The highest BCUT2D eigenvalue weighted by Gasteiger charge is 2.35. The zero-order valence-corrected chi connectivity index (χ0v) is 17.0. The molecule has 2 rings (SSSR count). The van der Waals surface area contributed by atoms with Crippen LogP contribution in [-0.4, -0.2) is 67.0 Å². The number of para-hydroxylation sites is 1. The summed E-state index contributed by atoms with van der Waals surface area (Å²) in [6.45, 7) is 9.76. The van der Waals surface area contributed by atoms with E-state index in [1.165, 1.54) is 0 Å². The lowest BCUT2D eigenvalue weighted by atomic mass is 10.2. The second-order valence-corrected chi connectivity index (χ2v) is 9.70. The minimum absolute atomic E-state index is 0.0541. The predicted molar refractivity (Wildman–Crippen MR) is 106 cm³/mol. The van der Waals surface area contributed by atoms with Gasteiger partial charge in [-0.2, -0.15) is 0 Å². The largest absolute Gasteiger partial charge is 0.322 e. The molecule has 0 aliphatic carbocycles. The van der Waals surface area contributed by atoms with Crippen LogP contribution in [0.1, 0.15) is 34.1 Å². The molecule has 1 aromatic carbocycles. The molecule has 1 N–H and O–H groups in total. The molecule has 146 valence electrons. The average Bonchev–Trinajstić information content (AvgIpc) is 2.91. The smallest absolute Gasteiger partial charge is 0.319 e. The molecule has 0 radical (unpaired) electrons. The lowest BCUT2D eigenvalue weighted by Gasteiger charge is -2.35. The number of sulfone groups is 1. The number of amides is 2. The first kappa shape index (κ1) is 20.7. The molecule has 1 aromatic rings. The van der Waals surface area contributed by atoms with E-state index in [-0.39, 0.29) is 23.6 Å². The van der Waals surface area contributed by atoms with Crippen LogP contribution in [0.2, 0.25) is 0 Å². The van der Waals surface area contributed by atoms with Gasteiger partial charge in [-0.1, -0.05) is 18.2 Å². The van der Waals surface area contributed by atoms with Crippen molar-refractivity contribution in [1.29, 1.82) is 0 Å². The molecule has 1 atom stereocenters. The van der Waals surface area contributed by atoms with Crippen LogP contribution in [0.3, 0.4) is 0 Å². The highest BCUT2D eigenvalue weighted by Crippen LogP contribution is 2.20. The number of carbonyl (C=O) groups excluding carboxylic acids is 1. The maximum absolute atomic E-state index is 12.9. The Kier molecular flexibility index (Phi) is 7.06. The Hall–Kier alpha value is -1.60. The maximum Gasteiger partial charge on any atom is 0.322 e. The van der Waals surface area contributed by atoms with E-state index in [0.717, 1.165) is 0 Å². The number of carbonyl (C=O) groups is 1. The summed E-state index contributed by atoms with van der Waals surface area (Å²) < 4.78 is 23.8. The molecule has 1 fully saturated rings. The third-order valence-electron chi connectivity index (χ3n) is 4.86. The van der Waals surface area contributed by atoms with Crippen LogP contribution in [0, 0.1) is 0 Å². The number of nitrogens with one attached hydrogen (secondary N) is 1. The van der Waals surface area contributed by atoms with Crippen LogP contribution < -0.4 is 5.32 Å². The van der Waals surface area contributed by atoms with Crippen LogP contribution in [-0.2, 0) is 9.84 Å². The third-order valence-corrected chi connectivity index (χ3v) is 6.61. The molecular weight excluding hydrogens is 350 g/mol. The fourth-order valence-electron chi connectivity index (χ4n) is 3.52. The summed E-state index contributed by atoms with van der Waals surface area (Å²) in [5, 5.41) is 2.90. The van der Waals surface area contributed by atoms with Gasteiger partial charge in [0.1, 0.15) is 0 Å². The van der Waals surface area contributed by atoms with E-state index in [0.29, 0.717) is 37.3 Å². The van der Waals surface area contributed by atoms with E-state index in [9.17, 15) is 13.2 Å². The van der Waals surface area contributed by atoms with Crippen LogP contribution >= 0.6 is 0 Å². The first-order chi connectivity index (χ1) is 12.2. The Labute approximate surface area is 157 Å². The van der Waals surface area contributed by atoms with Gasteiger partial charge >= 0.3 is 6.03 Å². The van der Waals surface area contributed by atoms with Crippen molar-refractivity contribution in [2.24, 2.45) is 0 Å². The van der Waals surface area contributed by atoms with Crippen molar-refractivity contribution in [3.8, 4) is 0 Å². The van der Waals surface area contributed by atoms with Gasteiger partial charge in [-0.25, -0.2) is 13.2 Å². The van der Waals surface area contributed by atoms with Gasteiger partial charge < -0.3 is 10.2 Å².